The molecule has 0 saturated carbocycles. The maximum atomic E-state index is 10.6. The molecule has 0 aliphatic carbocycles. The molecule has 0 N–H and O–H groups in total. The Morgan fingerprint density at radius 3 is 2.82 bits per heavy atom. The first-order chi connectivity index (χ1) is 5.18. The van der Waals surface area contributed by atoms with Crippen molar-refractivity contribution in [2.45, 2.75) is 6.92 Å². The molecule has 0 aromatic heterocycles. The van der Waals surface area contributed by atoms with Crippen molar-refractivity contribution in [3.8, 4) is 0 Å². The van der Waals surface area contributed by atoms with Crippen LogP contribution in [0.5, 0.6) is 0 Å². The second kappa shape index (κ2) is 3.39. The molecule has 58 valence electrons. The maximum absolute atomic E-state index is 10.6. The molecule has 0 atom stereocenters. The zero-order chi connectivity index (χ0) is 8.27. The van der Waals surface area contributed by atoms with E-state index in [-0.39, 0.29) is 11.1 Å². The zero-order valence-corrected chi connectivity index (χ0v) is 6.68. The summed E-state index contributed by atoms with van der Waals surface area (Å²) in [5.41, 5.74) is 0. The SMILES string of the molecule is CC(=O)OC=C1C=CC(=O)S1. The molecule has 11 heavy (non-hydrogen) atoms. The van der Waals surface area contributed by atoms with Crippen LogP contribution in [0.3, 0.4) is 0 Å². The smallest absolute Gasteiger partial charge is 0.307 e. The lowest BCUT2D eigenvalue weighted by atomic mass is 10.5. The highest BCUT2D eigenvalue weighted by Crippen LogP contribution is 2.24. The fourth-order valence-electron chi connectivity index (χ4n) is 0.539. The van der Waals surface area contributed by atoms with Crippen LogP contribution in [-0.4, -0.2) is 11.1 Å². The normalized spacial score (nSPS) is 19.4. The number of carbonyl (C=O) groups excluding carboxylic acids is 2. The lowest BCUT2D eigenvalue weighted by molar-refractivity contribution is -0.135. The number of thioether (sulfide) groups is 1. The van der Waals surface area contributed by atoms with Crippen molar-refractivity contribution in [1.29, 1.82) is 0 Å². The van der Waals surface area contributed by atoms with E-state index in [1.165, 1.54) is 19.3 Å². The molecule has 1 aliphatic rings. The second-order valence-electron chi connectivity index (χ2n) is 1.88. The van der Waals surface area contributed by atoms with Crippen LogP contribution in [0.25, 0.3) is 0 Å². The van der Waals surface area contributed by atoms with Gasteiger partial charge >= 0.3 is 5.97 Å². The van der Waals surface area contributed by atoms with Gasteiger partial charge in [0.25, 0.3) is 0 Å². The largest absolute Gasteiger partial charge is 0.433 e. The monoisotopic (exact) mass is 170 g/mol. The third-order valence-corrected chi connectivity index (χ3v) is 1.75. The van der Waals surface area contributed by atoms with Crippen LogP contribution in [0.2, 0.25) is 0 Å². The van der Waals surface area contributed by atoms with Crippen LogP contribution >= 0.6 is 11.8 Å². The number of ether oxygens (including phenoxy) is 1. The number of carbonyl (C=O) groups is 2. The fraction of sp³-hybridized carbons (Fsp3) is 0.143. The van der Waals surface area contributed by atoms with E-state index < -0.39 is 0 Å². The van der Waals surface area contributed by atoms with Crippen LogP contribution in [0.1, 0.15) is 6.92 Å². The third-order valence-electron chi connectivity index (χ3n) is 0.943. The molecular weight excluding hydrogens is 164 g/mol. The van der Waals surface area contributed by atoms with E-state index >= 15 is 0 Å². The molecule has 0 saturated heterocycles. The summed E-state index contributed by atoms with van der Waals surface area (Å²) in [4.78, 5) is 21.5. The predicted octanol–water partition coefficient (Wildman–Crippen LogP) is 1.22. The van der Waals surface area contributed by atoms with Gasteiger partial charge in [0.1, 0.15) is 6.26 Å². The molecule has 0 bridgehead atoms. The summed E-state index contributed by atoms with van der Waals surface area (Å²) in [6.45, 7) is 1.31. The average molecular weight is 170 g/mol. The summed E-state index contributed by atoms with van der Waals surface area (Å²) in [5, 5.41) is -0.0385. The summed E-state index contributed by atoms with van der Waals surface area (Å²) in [5.74, 6) is -0.383. The van der Waals surface area contributed by atoms with Gasteiger partial charge in [0.05, 0.1) is 4.91 Å². The van der Waals surface area contributed by atoms with E-state index in [1.807, 2.05) is 0 Å². The molecule has 3 nitrogen and oxygen atoms in total. The first kappa shape index (κ1) is 8.07. The van der Waals surface area contributed by atoms with E-state index in [9.17, 15) is 9.59 Å². The topological polar surface area (TPSA) is 43.4 Å². The number of hydrogen-bond acceptors (Lipinski definition) is 4. The van der Waals surface area contributed by atoms with Gasteiger partial charge in [0, 0.05) is 6.92 Å². The molecular formula is C7H6O3S. The van der Waals surface area contributed by atoms with Crippen molar-refractivity contribution >= 4 is 22.8 Å². The zero-order valence-electron chi connectivity index (χ0n) is 5.87. The summed E-state index contributed by atoms with van der Waals surface area (Å²) in [6.07, 6.45) is 4.31. The van der Waals surface area contributed by atoms with Crippen LogP contribution in [0, 0.1) is 0 Å². The molecule has 0 unspecified atom stereocenters. The van der Waals surface area contributed by atoms with Gasteiger partial charge in [0.15, 0.2) is 0 Å². The molecule has 4 heteroatoms. The Kier molecular flexibility index (Phi) is 2.48. The lowest BCUT2D eigenvalue weighted by Gasteiger charge is -1.92. The predicted molar refractivity (Wildman–Crippen MR) is 41.6 cm³/mol. The Morgan fingerprint density at radius 2 is 2.36 bits per heavy atom. The molecule has 0 aromatic carbocycles. The lowest BCUT2D eigenvalue weighted by Crippen LogP contribution is -1.90. The van der Waals surface area contributed by atoms with Crippen molar-refractivity contribution in [1.82, 2.24) is 0 Å². The van der Waals surface area contributed by atoms with Crippen LogP contribution < -0.4 is 0 Å². The first-order valence-corrected chi connectivity index (χ1v) is 3.77. The molecule has 0 amide bonds. The van der Waals surface area contributed by atoms with Gasteiger partial charge < -0.3 is 4.74 Å². The van der Waals surface area contributed by atoms with Gasteiger partial charge in [-0.15, -0.1) is 0 Å². The maximum Gasteiger partial charge on any atom is 0.307 e. The minimum atomic E-state index is -0.383. The molecule has 0 spiro atoms. The van der Waals surface area contributed by atoms with E-state index in [4.69, 9.17) is 0 Å². The molecule has 1 heterocycles. The van der Waals surface area contributed by atoms with Gasteiger partial charge in [0.2, 0.25) is 5.12 Å². The van der Waals surface area contributed by atoms with Crippen molar-refractivity contribution < 1.29 is 14.3 Å². The van der Waals surface area contributed by atoms with E-state index in [2.05, 4.69) is 4.74 Å². The molecule has 0 fully saturated rings. The standard InChI is InChI=1S/C7H6O3S/c1-5(8)10-4-6-2-3-7(9)11-6/h2-4H,1H3. The Labute approximate surface area is 68.1 Å². The van der Waals surface area contributed by atoms with Gasteiger partial charge in [-0.25, -0.2) is 0 Å². The molecule has 0 radical (unpaired) electrons. The van der Waals surface area contributed by atoms with Crippen molar-refractivity contribution in [3.05, 3.63) is 23.3 Å². The van der Waals surface area contributed by atoms with Gasteiger partial charge in [-0.2, -0.15) is 0 Å². The highest BCUT2D eigenvalue weighted by atomic mass is 32.2. The fourth-order valence-corrected chi connectivity index (χ4v) is 1.14. The summed E-state index contributed by atoms with van der Waals surface area (Å²) >= 11 is 1.04. The van der Waals surface area contributed by atoms with Gasteiger partial charge in [-0.3, -0.25) is 9.59 Å². The minimum Gasteiger partial charge on any atom is -0.433 e. The summed E-state index contributed by atoms with van der Waals surface area (Å²) < 4.78 is 4.55. The van der Waals surface area contributed by atoms with Crippen LogP contribution in [0.4, 0.5) is 0 Å². The number of allylic oxidation sites excluding steroid dienone is 1. The van der Waals surface area contributed by atoms with Crippen molar-refractivity contribution in [3.63, 3.8) is 0 Å². The van der Waals surface area contributed by atoms with E-state index in [0.717, 1.165) is 11.8 Å². The van der Waals surface area contributed by atoms with Gasteiger partial charge in [-0.05, 0) is 23.9 Å². The average Bonchev–Trinajstić information content (AvgIpc) is 2.31. The second-order valence-corrected chi connectivity index (χ2v) is 2.96. The van der Waals surface area contributed by atoms with Crippen LogP contribution in [0.15, 0.2) is 23.3 Å². The minimum absolute atomic E-state index is 0.0385. The highest BCUT2D eigenvalue weighted by Gasteiger charge is 2.09. The molecule has 1 rings (SSSR count). The Hall–Kier alpha value is -1.03. The number of esters is 1. The van der Waals surface area contributed by atoms with Crippen LogP contribution in [-0.2, 0) is 14.3 Å². The Balaban J connectivity index is 2.50. The quantitative estimate of drug-likeness (QED) is 0.438. The molecule has 0 aromatic rings. The Bertz CT molecular complexity index is 252. The first-order valence-electron chi connectivity index (χ1n) is 2.96. The summed E-state index contributed by atoms with van der Waals surface area (Å²) in [6, 6.07) is 0. The number of hydrogen-bond donors (Lipinski definition) is 0. The molecule has 1 aliphatic heterocycles. The Morgan fingerprint density at radius 1 is 1.64 bits per heavy atom. The highest BCUT2D eigenvalue weighted by molar-refractivity contribution is 8.17. The third kappa shape index (κ3) is 2.59. The summed E-state index contributed by atoms with van der Waals surface area (Å²) in [7, 11) is 0. The number of rotatable bonds is 1. The van der Waals surface area contributed by atoms with Gasteiger partial charge in [-0.1, -0.05) is 0 Å². The van der Waals surface area contributed by atoms with Crippen molar-refractivity contribution in [2.75, 3.05) is 0 Å². The van der Waals surface area contributed by atoms with E-state index in [1.54, 1.807) is 6.08 Å². The van der Waals surface area contributed by atoms with E-state index in [0.29, 0.717) is 4.91 Å². The van der Waals surface area contributed by atoms with Crippen molar-refractivity contribution in [2.24, 2.45) is 0 Å².